The van der Waals surface area contributed by atoms with Crippen LogP contribution in [0.2, 0.25) is 0 Å². The van der Waals surface area contributed by atoms with Crippen LogP contribution in [0.4, 0.5) is 5.69 Å². The molecule has 0 saturated heterocycles. The molecule has 1 amide bonds. The van der Waals surface area contributed by atoms with Crippen LogP contribution in [0.3, 0.4) is 0 Å². The molecule has 5 heteroatoms. The molecule has 1 aromatic heterocycles. The maximum absolute atomic E-state index is 11.9. The first kappa shape index (κ1) is 14.4. The van der Waals surface area contributed by atoms with Crippen molar-refractivity contribution >= 4 is 29.6 Å². The van der Waals surface area contributed by atoms with Gasteiger partial charge in [0.05, 0.1) is 5.69 Å². The van der Waals surface area contributed by atoms with Crippen molar-refractivity contribution in [2.75, 3.05) is 11.6 Å². The average Bonchev–Trinajstić information content (AvgIpc) is 2.93. The van der Waals surface area contributed by atoms with E-state index in [0.29, 0.717) is 18.7 Å². The highest BCUT2D eigenvalue weighted by Crippen LogP contribution is 2.19. The maximum atomic E-state index is 11.9. The van der Waals surface area contributed by atoms with Crippen LogP contribution in [0.25, 0.3) is 0 Å². The number of aromatic nitrogens is 1. The Balaban J connectivity index is 1.90. The minimum Gasteiger partial charge on any atom is -0.345 e. The summed E-state index contributed by atoms with van der Waals surface area (Å²) < 4.78 is 1.77. The minimum atomic E-state index is -0.0613. The molecule has 0 saturated carbocycles. The summed E-state index contributed by atoms with van der Waals surface area (Å²) >= 11 is 1.63. The molecule has 1 N–H and O–H groups in total. The smallest absolute Gasteiger partial charge is 0.226 e. The number of rotatable bonds is 6. The van der Waals surface area contributed by atoms with Crippen molar-refractivity contribution in [1.82, 2.24) is 4.57 Å². The van der Waals surface area contributed by atoms with Crippen molar-refractivity contribution in [2.24, 2.45) is 0 Å². The second-order valence-electron chi connectivity index (χ2n) is 4.27. The Hall–Kier alpha value is -2.01. The number of anilines is 1. The lowest BCUT2D eigenvalue weighted by Crippen LogP contribution is -2.15. The largest absolute Gasteiger partial charge is 0.345 e. The number of nitrogens with zero attached hydrogens (tertiary/aromatic N) is 1. The van der Waals surface area contributed by atoms with Gasteiger partial charge < -0.3 is 9.88 Å². The molecule has 0 aliphatic rings. The zero-order valence-electron chi connectivity index (χ0n) is 11.2. The molecule has 0 aliphatic carbocycles. The summed E-state index contributed by atoms with van der Waals surface area (Å²) in [6, 6.07) is 11.2. The third-order valence-electron chi connectivity index (χ3n) is 2.92. The lowest BCUT2D eigenvalue weighted by molar-refractivity contribution is -0.116. The van der Waals surface area contributed by atoms with Gasteiger partial charge in [-0.05, 0) is 36.6 Å². The molecule has 1 heterocycles. The first-order valence-electron chi connectivity index (χ1n) is 6.27. The van der Waals surface area contributed by atoms with Crippen molar-refractivity contribution < 1.29 is 9.59 Å². The number of thioether (sulfide) groups is 1. The Labute approximate surface area is 122 Å². The highest BCUT2D eigenvalue weighted by atomic mass is 32.2. The summed E-state index contributed by atoms with van der Waals surface area (Å²) in [4.78, 5) is 23.8. The van der Waals surface area contributed by atoms with Crippen LogP contribution in [0.5, 0.6) is 0 Å². The number of benzene rings is 1. The number of carbonyl (C=O) groups excluding carboxylic acids is 2. The van der Waals surface area contributed by atoms with Gasteiger partial charge in [-0.25, -0.2) is 0 Å². The van der Waals surface area contributed by atoms with Crippen LogP contribution >= 0.6 is 11.8 Å². The molecule has 0 atom stereocenters. The molecule has 1 aromatic carbocycles. The van der Waals surface area contributed by atoms with Crippen LogP contribution < -0.4 is 5.32 Å². The molecular weight excluding hydrogens is 272 g/mol. The monoisotopic (exact) mass is 288 g/mol. The molecule has 20 heavy (non-hydrogen) atoms. The highest BCUT2D eigenvalue weighted by Gasteiger charge is 2.05. The standard InChI is InChI=1S/C15H16N2O2S/c1-20-14-6-2-4-12(10-14)16-15(19)7-9-17-8-3-5-13(17)11-18/h2-6,8,10-11H,7,9H2,1H3,(H,16,19). The molecule has 0 aliphatic heterocycles. The Morgan fingerprint density at radius 1 is 1.35 bits per heavy atom. The highest BCUT2D eigenvalue weighted by molar-refractivity contribution is 7.98. The van der Waals surface area contributed by atoms with E-state index in [9.17, 15) is 9.59 Å². The number of hydrogen-bond acceptors (Lipinski definition) is 3. The normalized spacial score (nSPS) is 10.2. The van der Waals surface area contributed by atoms with E-state index < -0.39 is 0 Å². The summed E-state index contributed by atoms with van der Waals surface area (Å²) in [7, 11) is 0. The van der Waals surface area contributed by atoms with E-state index >= 15 is 0 Å². The predicted molar refractivity (Wildman–Crippen MR) is 81.3 cm³/mol. The van der Waals surface area contributed by atoms with E-state index in [2.05, 4.69) is 5.32 Å². The van der Waals surface area contributed by atoms with Crippen molar-refractivity contribution in [3.05, 3.63) is 48.3 Å². The van der Waals surface area contributed by atoms with E-state index in [0.717, 1.165) is 16.9 Å². The Bertz CT molecular complexity index is 607. The van der Waals surface area contributed by atoms with E-state index in [1.54, 1.807) is 34.7 Å². The van der Waals surface area contributed by atoms with E-state index in [1.807, 2.05) is 30.5 Å². The molecular formula is C15H16N2O2S. The molecule has 4 nitrogen and oxygen atoms in total. The molecule has 0 fully saturated rings. The summed E-state index contributed by atoms with van der Waals surface area (Å²) in [6.07, 6.45) is 4.91. The fourth-order valence-corrected chi connectivity index (χ4v) is 2.34. The zero-order valence-corrected chi connectivity index (χ0v) is 12.0. The first-order chi connectivity index (χ1) is 9.72. The topological polar surface area (TPSA) is 51.1 Å². The number of amides is 1. The van der Waals surface area contributed by atoms with Crippen LogP contribution in [0.15, 0.2) is 47.5 Å². The lowest BCUT2D eigenvalue weighted by Gasteiger charge is -2.08. The van der Waals surface area contributed by atoms with Gasteiger partial charge in [0.1, 0.15) is 0 Å². The molecule has 104 valence electrons. The van der Waals surface area contributed by atoms with Crippen LogP contribution in [0, 0.1) is 0 Å². The molecule has 2 aromatic rings. The number of hydrogen-bond donors (Lipinski definition) is 1. The average molecular weight is 288 g/mol. The molecule has 0 radical (unpaired) electrons. The van der Waals surface area contributed by atoms with Gasteiger partial charge in [-0.2, -0.15) is 0 Å². The Morgan fingerprint density at radius 2 is 2.20 bits per heavy atom. The minimum absolute atomic E-state index is 0.0613. The van der Waals surface area contributed by atoms with Crippen molar-refractivity contribution in [3.8, 4) is 0 Å². The van der Waals surface area contributed by atoms with E-state index in [4.69, 9.17) is 0 Å². The second-order valence-corrected chi connectivity index (χ2v) is 5.15. The second kappa shape index (κ2) is 6.96. The van der Waals surface area contributed by atoms with Gasteiger partial charge in [0.15, 0.2) is 6.29 Å². The quantitative estimate of drug-likeness (QED) is 0.656. The number of carbonyl (C=O) groups is 2. The predicted octanol–water partition coefficient (Wildman–Crippen LogP) is 3.05. The number of aldehydes is 1. The van der Waals surface area contributed by atoms with Gasteiger partial charge in [0.2, 0.25) is 5.91 Å². The van der Waals surface area contributed by atoms with Gasteiger partial charge >= 0.3 is 0 Å². The van der Waals surface area contributed by atoms with Crippen LogP contribution in [-0.4, -0.2) is 23.0 Å². The first-order valence-corrected chi connectivity index (χ1v) is 7.49. The zero-order chi connectivity index (χ0) is 14.4. The number of aryl methyl sites for hydroxylation is 1. The maximum Gasteiger partial charge on any atom is 0.226 e. The molecule has 0 bridgehead atoms. The van der Waals surface area contributed by atoms with Crippen molar-refractivity contribution in [1.29, 1.82) is 0 Å². The molecule has 0 spiro atoms. The Kier molecular flexibility index (Phi) is 5.01. The van der Waals surface area contributed by atoms with Crippen molar-refractivity contribution in [3.63, 3.8) is 0 Å². The van der Waals surface area contributed by atoms with Gasteiger partial charge in [0.25, 0.3) is 0 Å². The van der Waals surface area contributed by atoms with E-state index in [1.165, 1.54) is 0 Å². The molecule has 0 unspecified atom stereocenters. The van der Waals surface area contributed by atoms with Crippen LogP contribution in [0.1, 0.15) is 16.9 Å². The van der Waals surface area contributed by atoms with Gasteiger partial charge in [-0.1, -0.05) is 6.07 Å². The summed E-state index contributed by atoms with van der Waals surface area (Å²) in [5.74, 6) is -0.0613. The summed E-state index contributed by atoms with van der Waals surface area (Å²) in [5, 5.41) is 2.86. The SMILES string of the molecule is CSc1cccc(NC(=O)CCn2cccc2C=O)c1. The van der Waals surface area contributed by atoms with Gasteiger partial charge in [-0.3, -0.25) is 9.59 Å². The van der Waals surface area contributed by atoms with Crippen LogP contribution in [-0.2, 0) is 11.3 Å². The number of nitrogens with one attached hydrogen (secondary N) is 1. The summed E-state index contributed by atoms with van der Waals surface area (Å²) in [5.41, 5.74) is 1.38. The lowest BCUT2D eigenvalue weighted by atomic mass is 10.3. The fourth-order valence-electron chi connectivity index (χ4n) is 1.88. The third kappa shape index (κ3) is 3.74. The summed E-state index contributed by atoms with van der Waals surface area (Å²) in [6.45, 7) is 0.495. The molecule has 2 rings (SSSR count). The Morgan fingerprint density at radius 3 is 2.95 bits per heavy atom. The van der Waals surface area contributed by atoms with Crippen molar-refractivity contribution in [2.45, 2.75) is 17.9 Å². The van der Waals surface area contributed by atoms with E-state index in [-0.39, 0.29) is 5.91 Å². The fraction of sp³-hybridized carbons (Fsp3) is 0.200. The van der Waals surface area contributed by atoms with Gasteiger partial charge in [-0.15, -0.1) is 11.8 Å². The van der Waals surface area contributed by atoms with Gasteiger partial charge in [0, 0.05) is 29.7 Å². The third-order valence-corrected chi connectivity index (χ3v) is 3.64.